The van der Waals surface area contributed by atoms with Crippen molar-refractivity contribution >= 4 is 23.3 Å². The van der Waals surface area contributed by atoms with Crippen molar-refractivity contribution in [2.45, 2.75) is 37.8 Å². The van der Waals surface area contributed by atoms with Crippen molar-refractivity contribution in [3.8, 4) is 0 Å². The quantitative estimate of drug-likeness (QED) is 0.793. The lowest BCUT2D eigenvalue weighted by atomic mass is 9.77. The second kappa shape index (κ2) is 5.38. The number of fused-ring (bicyclic) bond motifs is 1. The zero-order chi connectivity index (χ0) is 16.1. The van der Waals surface area contributed by atoms with E-state index < -0.39 is 6.04 Å². The molecule has 23 heavy (non-hydrogen) atoms. The molecule has 4 rings (SSSR count). The fourth-order valence-corrected chi connectivity index (χ4v) is 4.23. The van der Waals surface area contributed by atoms with Gasteiger partial charge in [0.2, 0.25) is 0 Å². The fourth-order valence-electron chi connectivity index (χ4n) is 4.03. The molecule has 1 aromatic carbocycles. The van der Waals surface area contributed by atoms with Crippen LogP contribution in [-0.4, -0.2) is 29.7 Å². The Balaban J connectivity index is 1.80. The summed E-state index contributed by atoms with van der Waals surface area (Å²) in [5, 5.41) is 0.595. The number of halogens is 1. The predicted octanol–water partition coefficient (Wildman–Crippen LogP) is 3.27. The van der Waals surface area contributed by atoms with Crippen molar-refractivity contribution in [2.24, 2.45) is 5.92 Å². The minimum Gasteiger partial charge on any atom is -0.483 e. The third-order valence-electron chi connectivity index (χ3n) is 5.16. The van der Waals surface area contributed by atoms with Crippen LogP contribution in [0.15, 0.2) is 35.6 Å². The lowest BCUT2D eigenvalue weighted by Crippen LogP contribution is -2.39. The molecular weight excluding hydrogens is 314 g/mol. The SMILES string of the molecule is CN1C(=O)C2=C(C(=O)C3CCCCC3O2)C1c1cccc(Cl)c1. The summed E-state index contributed by atoms with van der Waals surface area (Å²) < 4.78 is 5.98. The number of amides is 1. The molecule has 3 unspecified atom stereocenters. The van der Waals surface area contributed by atoms with Crippen LogP contribution in [0.4, 0.5) is 0 Å². The molecule has 4 nitrogen and oxygen atoms in total. The Labute approximate surface area is 140 Å². The number of ether oxygens (including phenoxy) is 1. The molecule has 1 aromatic rings. The molecule has 0 spiro atoms. The van der Waals surface area contributed by atoms with Gasteiger partial charge in [-0.25, -0.2) is 0 Å². The van der Waals surface area contributed by atoms with E-state index in [1.54, 1.807) is 18.0 Å². The number of hydrogen-bond donors (Lipinski definition) is 0. The van der Waals surface area contributed by atoms with Crippen LogP contribution < -0.4 is 0 Å². The maximum absolute atomic E-state index is 13.1. The van der Waals surface area contributed by atoms with E-state index in [0.29, 0.717) is 10.6 Å². The first-order valence-corrected chi connectivity index (χ1v) is 8.43. The maximum Gasteiger partial charge on any atom is 0.289 e. The minimum atomic E-state index is -0.397. The topological polar surface area (TPSA) is 46.6 Å². The normalized spacial score (nSPS) is 30.2. The number of nitrogens with zero attached hydrogens (tertiary/aromatic N) is 1. The van der Waals surface area contributed by atoms with E-state index in [4.69, 9.17) is 16.3 Å². The van der Waals surface area contributed by atoms with E-state index in [0.717, 1.165) is 31.2 Å². The second-order valence-electron chi connectivity index (χ2n) is 6.53. The van der Waals surface area contributed by atoms with Crippen molar-refractivity contribution in [2.75, 3.05) is 7.05 Å². The summed E-state index contributed by atoms with van der Waals surface area (Å²) in [6.45, 7) is 0. The summed E-state index contributed by atoms with van der Waals surface area (Å²) in [6, 6.07) is 6.94. The summed E-state index contributed by atoms with van der Waals surface area (Å²) in [4.78, 5) is 27.2. The van der Waals surface area contributed by atoms with Crippen molar-refractivity contribution in [3.05, 3.63) is 46.2 Å². The summed E-state index contributed by atoms with van der Waals surface area (Å²) in [7, 11) is 1.71. The zero-order valence-corrected chi connectivity index (χ0v) is 13.7. The van der Waals surface area contributed by atoms with Gasteiger partial charge in [-0.3, -0.25) is 9.59 Å². The van der Waals surface area contributed by atoms with Gasteiger partial charge in [0.15, 0.2) is 11.5 Å². The Kier molecular flexibility index (Phi) is 3.45. The molecule has 3 aliphatic rings. The Hall–Kier alpha value is -1.81. The molecule has 2 heterocycles. The van der Waals surface area contributed by atoms with Crippen molar-refractivity contribution in [1.29, 1.82) is 0 Å². The van der Waals surface area contributed by atoms with Crippen LogP contribution in [-0.2, 0) is 14.3 Å². The summed E-state index contributed by atoms with van der Waals surface area (Å²) in [5.74, 6) is 0.0232. The molecule has 2 aliphatic heterocycles. The lowest BCUT2D eigenvalue weighted by Gasteiger charge is -2.35. The van der Waals surface area contributed by atoms with Gasteiger partial charge in [0.1, 0.15) is 6.10 Å². The molecule has 1 amide bonds. The first-order valence-electron chi connectivity index (χ1n) is 8.05. The number of carbonyl (C=O) groups excluding carboxylic acids is 2. The van der Waals surface area contributed by atoms with Crippen LogP contribution >= 0.6 is 11.6 Å². The minimum absolute atomic E-state index is 0.0821. The molecule has 5 heteroatoms. The third-order valence-corrected chi connectivity index (χ3v) is 5.39. The number of likely N-dealkylation sites (N-methyl/N-ethyl adjacent to an activating group) is 1. The van der Waals surface area contributed by atoms with Crippen LogP contribution in [0.5, 0.6) is 0 Å². The largest absolute Gasteiger partial charge is 0.483 e. The van der Waals surface area contributed by atoms with Gasteiger partial charge in [0, 0.05) is 12.1 Å². The van der Waals surface area contributed by atoms with Crippen molar-refractivity contribution in [3.63, 3.8) is 0 Å². The highest BCUT2D eigenvalue weighted by Gasteiger charge is 2.50. The molecule has 3 atom stereocenters. The Morgan fingerprint density at radius 1 is 1.22 bits per heavy atom. The van der Waals surface area contributed by atoms with Gasteiger partial charge in [-0.2, -0.15) is 0 Å². The molecule has 0 N–H and O–H groups in total. The van der Waals surface area contributed by atoms with E-state index in [1.165, 1.54) is 0 Å². The van der Waals surface area contributed by atoms with Gasteiger partial charge < -0.3 is 9.64 Å². The first-order chi connectivity index (χ1) is 11.1. The van der Waals surface area contributed by atoms with E-state index in [-0.39, 0.29) is 29.5 Å². The third kappa shape index (κ3) is 2.19. The van der Waals surface area contributed by atoms with E-state index in [1.807, 2.05) is 18.2 Å². The van der Waals surface area contributed by atoms with E-state index in [2.05, 4.69) is 0 Å². The molecule has 0 bridgehead atoms. The number of benzene rings is 1. The lowest BCUT2D eigenvalue weighted by molar-refractivity contribution is -0.134. The predicted molar refractivity (Wildman–Crippen MR) is 85.8 cm³/mol. The fraction of sp³-hybridized carbons (Fsp3) is 0.444. The van der Waals surface area contributed by atoms with E-state index in [9.17, 15) is 9.59 Å². The monoisotopic (exact) mass is 331 g/mol. The number of rotatable bonds is 1. The number of ketones is 1. The highest BCUT2D eigenvalue weighted by molar-refractivity contribution is 6.30. The van der Waals surface area contributed by atoms with Gasteiger partial charge in [-0.1, -0.05) is 30.2 Å². The number of Topliss-reactive ketones (excluding diaryl/α,β-unsaturated/α-hetero) is 1. The maximum atomic E-state index is 13.1. The van der Waals surface area contributed by atoms with Gasteiger partial charge in [-0.05, 0) is 37.0 Å². The van der Waals surface area contributed by atoms with E-state index >= 15 is 0 Å². The molecule has 0 radical (unpaired) electrons. The Morgan fingerprint density at radius 2 is 2.00 bits per heavy atom. The van der Waals surface area contributed by atoms with Crippen LogP contribution in [0.3, 0.4) is 0 Å². The summed E-state index contributed by atoms with van der Waals surface area (Å²) in [6.07, 6.45) is 3.67. The summed E-state index contributed by atoms with van der Waals surface area (Å²) >= 11 is 6.09. The highest BCUT2D eigenvalue weighted by Crippen LogP contribution is 2.46. The van der Waals surface area contributed by atoms with Crippen LogP contribution in [0.2, 0.25) is 5.02 Å². The Bertz CT molecular complexity index is 727. The van der Waals surface area contributed by atoms with Crippen molar-refractivity contribution < 1.29 is 14.3 Å². The molecular formula is C18H18ClNO3. The molecule has 1 saturated carbocycles. The number of hydrogen-bond acceptors (Lipinski definition) is 3. The van der Waals surface area contributed by atoms with Gasteiger partial charge in [0.25, 0.3) is 5.91 Å². The molecule has 120 valence electrons. The standard InChI is InChI=1S/C18H18ClNO3/c1-20-15(10-5-4-6-11(19)9-10)14-16(21)12-7-2-3-8-13(12)23-17(14)18(20)22/h4-6,9,12-13,15H,2-3,7-8H2,1H3. The number of carbonyl (C=O) groups is 2. The average molecular weight is 332 g/mol. The van der Waals surface area contributed by atoms with Gasteiger partial charge >= 0.3 is 0 Å². The smallest absolute Gasteiger partial charge is 0.289 e. The van der Waals surface area contributed by atoms with Crippen LogP contribution in [0, 0.1) is 5.92 Å². The van der Waals surface area contributed by atoms with Gasteiger partial charge in [-0.15, -0.1) is 0 Å². The molecule has 0 aromatic heterocycles. The van der Waals surface area contributed by atoms with Crippen LogP contribution in [0.25, 0.3) is 0 Å². The molecule has 1 fully saturated rings. The first kappa shape index (κ1) is 14.8. The highest BCUT2D eigenvalue weighted by atomic mass is 35.5. The second-order valence-corrected chi connectivity index (χ2v) is 6.96. The van der Waals surface area contributed by atoms with Crippen LogP contribution in [0.1, 0.15) is 37.3 Å². The zero-order valence-electron chi connectivity index (χ0n) is 12.9. The Morgan fingerprint density at radius 3 is 2.78 bits per heavy atom. The van der Waals surface area contributed by atoms with Crippen molar-refractivity contribution in [1.82, 2.24) is 4.90 Å². The van der Waals surface area contributed by atoms with Gasteiger partial charge in [0.05, 0.1) is 17.5 Å². The average Bonchev–Trinajstić information content (AvgIpc) is 2.80. The molecule has 0 saturated heterocycles. The summed E-state index contributed by atoms with van der Waals surface area (Å²) in [5.41, 5.74) is 1.37. The molecule has 1 aliphatic carbocycles.